The molecule has 0 aromatic carbocycles. The molecule has 0 atom stereocenters. The van der Waals surface area contributed by atoms with Crippen molar-refractivity contribution in [3.8, 4) is 0 Å². The highest BCUT2D eigenvalue weighted by Crippen LogP contribution is 2.21. The molecule has 2 heterocycles. The average molecular weight is 219 g/mol. The van der Waals surface area contributed by atoms with Crippen LogP contribution in [0, 0.1) is 6.92 Å². The Kier molecular flexibility index (Phi) is 2.77. The number of hydrogen-bond acceptors (Lipinski definition) is 4. The second-order valence-corrected chi connectivity index (χ2v) is 4.07. The Labute approximate surface area is 94.9 Å². The van der Waals surface area contributed by atoms with Gasteiger partial charge in [-0.1, -0.05) is 0 Å². The molecule has 0 spiro atoms. The van der Waals surface area contributed by atoms with E-state index in [1.54, 1.807) is 0 Å². The van der Waals surface area contributed by atoms with E-state index in [9.17, 15) is 0 Å². The molecule has 0 unspecified atom stereocenters. The predicted molar refractivity (Wildman–Crippen MR) is 64.6 cm³/mol. The van der Waals surface area contributed by atoms with E-state index in [4.69, 9.17) is 0 Å². The Morgan fingerprint density at radius 3 is 2.75 bits per heavy atom. The van der Waals surface area contributed by atoms with E-state index in [1.807, 2.05) is 17.8 Å². The Morgan fingerprint density at radius 2 is 2.12 bits per heavy atom. The first-order valence-corrected chi connectivity index (χ1v) is 5.59. The molecule has 5 nitrogen and oxygen atoms in total. The third kappa shape index (κ3) is 1.73. The van der Waals surface area contributed by atoms with Crippen molar-refractivity contribution in [3.05, 3.63) is 12.0 Å². The molecule has 16 heavy (non-hydrogen) atoms. The van der Waals surface area contributed by atoms with Crippen molar-refractivity contribution in [2.45, 2.75) is 33.7 Å². The zero-order valence-electron chi connectivity index (χ0n) is 10.2. The predicted octanol–water partition coefficient (Wildman–Crippen LogP) is 2.15. The van der Waals surface area contributed by atoms with Gasteiger partial charge in [0.25, 0.3) is 0 Å². The van der Waals surface area contributed by atoms with Crippen LogP contribution in [0.5, 0.6) is 0 Å². The van der Waals surface area contributed by atoms with Crippen LogP contribution in [-0.2, 0) is 0 Å². The monoisotopic (exact) mass is 219 g/mol. The van der Waals surface area contributed by atoms with E-state index in [2.05, 4.69) is 41.2 Å². The van der Waals surface area contributed by atoms with Crippen LogP contribution in [0.3, 0.4) is 0 Å². The summed E-state index contributed by atoms with van der Waals surface area (Å²) in [6.45, 7) is 8.99. The fourth-order valence-corrected chi connectivity index (χ4v) is 1.71. The van der Waals surface area contributed by atoms with Crippen LogP contribution in [0.2, 0.25) is 0 Å². The highest BCUT2D eigenvalue weighted by atomic mass is 15.3. The van der Waals surface area contributed by atoms with Gasteiger partial charge in [0.1, 0.15) is 11.6 Å². The van der Waals surface area contributed by atoms with Crippen molar-refractivity contribution in [2.24, 2.45) is 0 Å². The van der Waals surface area contributed by atoms with Crippen molar-refractivity contribution in [2.75, 3.05) is 11.9 Å². The first-order chi connectivity index (χ1) is 7.63. The summed E-state index contributed by atoms with van der Waals surface area (Å²) in [6.07, 6.45) is 1.83. The highest BCUT2D eigenvalue weighted by Gasteiger charge is 2.12. The Bertz CT molecular complexity index is 500. The minimum atomic E-state index is 0.307. The van der Waals surface area contributed by atoms with E-state index < -0.39 is 0 Å². The second-order valence-electron chi connectivity index (χ2n) is 4.07. The Morgan fingerprint density at radius 1 is 1.38 bits per heavy atom. The molecule has 0 fully saturated rings. The van der Waals surface area contributed by atoms with E-state index in [1.165, 1.54) is 0 Å². The number of nitrogens with one attached hydrogen (secondary N) is 1. The van der Waals surface area contributed by atoms with Gasteiger partial charge in [0, 0.05) is 12.6 Å². The topological polar surface area (TPSA) is 55.6 Å². The van der Waals surface area contributed by atoms with Gasteiger partial charge in [-0.15, -0.1) is 0 Å². The molecule has 0 saturated heterocycles. The molecule has 0 bridgehead atoms. The second kappa shape index (κ2) is 4.08. The molecule has 5 heteroatoms. The summed E-state index contributed by atoms with van der Waals surface area (Å²) >= 11 is 0. The lowest BCUT2D eigenvalue weighted by molar-refractivity contribution is 0.546. The maximum atomic E-state index is 4.45. The molecular weight excluding hydrogens is 202 g/mol. The number of anilines is 1. The van der Waals surface area contributed by atoms with Crippen LogP contribution in [0.1, 0.15) is 32.6 Å². The maximum absolute atomic E-state index is 4.45. The first kappa shape index (κ1) is 10.9. The van der Waals surface area contributed by atoms with Gasteiger partial charge in [0.15, 0.2) is 5.65 Å². The van der Waals surface area contributed by atoms with Gasteiger partial charge in [0.05, 0.1) is 11.6 Å². The smallest absolute Gasteiger partial charge is 0.163 e. The van der Waals surface area contributed by atoms with Gasteiger partial charge in [0.2, 0.25) is 0 Å². The van der Waals surface area contributed by atoms with E-state index in [0.29, 0.717) is 6.04 Å². The van der Waals surface area contributed by atoms with Crippen LogP contribution < -0.4 is 5.32 Å². The molecule has 0 amide bonds. The number of nitrogens with zero attached hydrogens (tertiary/aromatic N) is 4. The van der Waals surface area contributed by atoms with Gasteiger partial charge in [-0.25, -0.2) is 14.6 Å². The molecule has 0 radical (unpaired) electrons. The number of fused-ring (bicyclic) bond motifs is 1. The van der Waals surface area contributed by atoms with E-state index in [0.717, 1.165) is 29.2 Å². The van der Waals surface area contributed by atoms with Crippen molar-refractivity contribution in [3.63, 3.8) is 0 Å². The van der Waals surface area contributed by atoms with Crippen molar-refractivity contribution >= 4 is 16.9 Å². The normalized spacial score (nSPS) is 11.3. The maximum Gasteiger partial charge on any atom is 0.163 e. The first-order valence-electron chi connectivity index (χ1n) is 5.59. The number of rotatable bonds is 3. The molecule has 0 aliphatic rings. The van der Waals surface area contributed by atoms with Crippen LogP contribution >= 0.6 is 0 Å². The quantitative estimate of drug-likeness (QED) is 0.859. The van der Waals surface area contributed by atoms with Gasteiger partial charge in [-0.2, -0.15) is 5.10 Å². The molecule has 2 aromatic rings. The third-order valence-electron chi connectivity index (χ3n) is 2.40. The highest BCUT2D eigenvalue weighted by molar-refractivity contribution is 5.86. The lowest BCUT2D eigenvalue weighted by Crippen LogP contribution is -2.06. The van der Waals surface area contributed by atoms with Gasteiger partial charge in [-0.3, -0.25) is 0 Å². The number of hydrogen-bond donors (Lipinski definition) is 1. The van der Waals surface area contributed by atoms with Crippen molar-refractivity contribution in [1.29, 1.82) is 0 Å². The molecule has 0 aliphatic heterocycles. The summed E-state index contributed by atoms with van der Waals surface area (Å²) in [7, 11) is 0. The molecule has 1 N–H and O–H groups in total. The summed E-state index contributed by atoms with van der Waals surface area (Å²) in [5.41, 5.74) is 0.901. The van der Waals surface area contributed by atoms with E-state index in [-0.39, 0.29) is 0 Å². The summed E-state index contributed by atoms with van der Waals surface area (Å²) in [5, 5.41) is 8.58. The van der Waals surface area contributed by atoms with Crippen LogP contribution in [-0.4, -0.2) is 26.3 Å². The minimum absolute atomic E-state index is 0.307. The van der Waals surface area contributed by atoms with Crippen LogP contribution in [0.25, 0.3) is 11.0 Å². The minimum Gasteiger partial charge on any atom is -0.370 e. The lowest BCUT2D eigenvalue weighted by atomic mass is 10.3. The summed E-state index contributed by atoms with van der Waals surface area (Å²) in [6, 6.07) is 0.307. The lowest BCUT2D eigenvalue weighted by Gasteiger charge is -2.08. The van der Waals surface area contributed by atoms with Gasteiger partial charge in [-0.05, 0) is 27.7 Å². The Hall–Kier alpha value is -1.65. The fraction of sp³-hybridized carbons (Fsp3) is 0.545. The van der Waals surface area contributed by atoms with E-state index >= 15 is 0 Å². The van der Waals surface area contributed by atoms with Crippen LogP contribution in [0.4, 0.5) is 5.82 Å². The largest absolute Gasteiger partial charge is 0.370 e. The summed E-state index contributed by atoms with van der Waals surface area (Å²) in [4.78, 5) is 8.84. The van der Waals surface area contributed by atoms with Gasteiger partial charge >= 0.3 is 0 Å². The number of aromatic nitrogens is 4. The third-order valence-corrected chi connectivity index (χ3v) is 2.40. The molecule has 86 valence electrons. The molecule has 2 aromatic heterocycles. The SMILES string of the molecule is CCNc1nc(C)nc2c1cnn2C(C)C. The fourth-order valence-electron chi connectivity index (χ4n) is 1.71. The summed E-state index contributed by atoms with van der Waals surface area (Å²) in [5.74, 6) is 1.64. The molecule has 0 saturated carbocycles. The molecule has 0 aliphatic carbocycles. The van der Waals surface area contributed by atoms with Crippen LogP contribution in [0.15, 0.2) is 6.20 Å². The summed E-state index contributed by atoms with van der Waals surface area (Å²) < 4.78 is 1.92. The standard InChI is InChI=1S/C11H17N5/c1-5-12-10-9-6-13-16(7(2)3)11(9)15-8(4)14-10/h6-7H,5H2,1-4H3,(H,12,14,15). The zero-order valence-corrected chi connectivity index (χ0v) is 10.2. The van der Waals surface area contributed by atoms with Crippen molar-refractivity contribution in [1.82, 2.24) is 19.7 Å². The molecular formula is C11H17N5. The van der Waals surface area contributed by atoms with Crippen molar-refractivity contribution < 1.29 is 0 Å². The molecule has 2 rings (SSSR count). The Balaban J connectivity index is 2.65. The van der Waals surface area contributed by atoms with Gasteiger partial charge < -0.3 is 5.32 Å². The number of aryl methyl sites for hydroxylation is 1. The average Bonchev–Trinajstić information content (AvgIpc) is 2.61. The zero-order chi connectivity index (χ0) is 11.7.